The number of aromatic nitrogens is 5. The highest BCUT2D eigenvalue weighted by atomic mass is 16.5. The van der Waals surface area contributed by atoms with Gasteiger partial charge in [-0.05, 0) is 12.1 Å². The van der Waals surface area contributed by atoms with E-state index in [2.05, 4.69) is 20.1 Å². The highest BCUT2D eigenvalue weighted by Gasteiger charge is 2.14. The molecule has 3 heterocycles. The quantitative estimate of drug-likeness (QED) is 0.697. The summed E-state index contributed by atoms with van der Waals surface area (Å²) in [6, 6.07) is 3.59. The summed E-state index contributed by atoms with van der Waals surface area (Å²) in [5.41, 5.74) is 0.817. The van der Waals surface area contributed by atoms with E-state index in [4.69, 9.17) is 4.52 Å². The van der Waals surface area contributed by atoms with Crippen LogP contribution in [0.2, 0.25) is 0 Å². The van der Waals surface area contributed by atoms with E-state index in [1.807, 2.05) is 0 Å². The van der Waals surface area contributed by atoms with Gasteiger partial charge in [0, 0.05) is 37.4 Å². The summed E-state index contributed by atoms with van der Waals surface area (Å²) in [6.07, 6.45) is 8.28. The van der Waals surface area contributed by atoms with Gasteiger partial charge < -0.3 is 14.0 Å². The van der Waals surface area contributed by atoms with Crippen molar-refractivity contribution in [3.8, 4) is 11.4 Å². The smallest absolute Gasteiger partial charge is 0.246 e. The summed E-state index contributed by atoms with van der Waals surface area (Å²) in [6.45, 7) is 0.480. The third-order valence-corrected chi connectivity index (χ3v) is 3.08. The maximum Gasteiger partial charge on any atom is 0.246 e. The fraction of sp³-hybridized carbons (Fsp3) is 0.214. The Kier molecular flexibility index (Phi) is 3.90. The molecular formula is C14H14N6O2. The normalized spacial score (nSPS) is 10.6. The minimum absolute atomic E-state index is 0.0679. The van der Waals surface area contributed by atoms with Crippen molar-refractivity contribution in [3.05, 3.63) is 49.1 Å². The molecule has 0 bridgehead atoms. The lowest BCUT2D eigenvalue weighted by atomic mass is 10.2. The summed E-state index contributed by atoms with van der Waals surface area (Å²) < 4.78 is 6.88. The summed E-state index contributed by atoms with van der Waals surface area (Å²) >= 11 is 0. The van der Waals surface area contributed by atoms with Gasteiger partial charge in [0.2, 0.25) is 17.6 Å². The summed E-state index contributed by atoms with van der Waals surface area (Å²) in [5, 5.41) is 3.91. The van der Waals surface area contributed by atoms with E-state index >= 15 is 0 Å². The number of likely N-dealkylation sites (N-methyl/N-ethyl adjacent to an activating group) is 1. The van der Waals surface area contributed by atoms with Gasteiger partial charge in [0.05, 0.1) is 12.9 Å². The van der Waals surface area contributed by atoms with E-state index in [1.54, 1.807) is 54.9 Å². The first-order valence-electron chi connectivity index (χ1n) is 6.65. The highest BCUT2D eigenvalue weighted by Crippen LogP contribution is 2.14. The summed E-state index contributed by atoms with van der Waals surface area (Å²) in [5.74, 6) is 0.794. The zero-order valence-corrected chi connectivity index (χ0v) is 12.0. The maximum absolute atomic E-state index is 12.1. The molecule has 1 amide bonds. The number of nitrogens with zero attached hydrogens (tertiary/aromatic N) is 6. The molecule has 3 aromatic rings. The Morgan fingerprint density at radius 3 is 2.82 bits per heavy atom. The Labute approximate surface area is 126 Å². The Balaban J connectivity index is 1.63. The lowest BCUT2D eigenvalue weighted by Gasteiger charge is -2.14. The van der Waals surface area contributed by atoms with Crippen LogP contribution in [0, 0.1) is 0 Å². The molecule has 112 valence electrons. The number of carbonyl (C=O) groups is 1. The molecule has 0 fully saturated rings. The number of pyridine rings is 1. The summed E-state index contributed by atoms with van der Waals surface area (Å²) in [4.78, 5) is 25.7. The van der Waals surface area contributed by atoms with Crippen molar-refractivity contribution in [3.63, 3.8) is 0 Å². The largest absolute Gasteiger partial charge is 0.337 e. The average molecular weight is 298 g/mol. The Morgan fingerprint density at radius 2 is 2.09 bits per heavy atom. The van der Waals surface area contributed by atoms with Gasteiger partial charge >= 0.3 is 0 Å². The number of hydrogen-bond donors (Lipinski definition) is 0. The number of amides is 1. The zero-order chi connectivity index (χ0) is 15.4. The number of rotatable bonds is 5. The van der Waals surface area contributed by atoms with Crippen LogP contribution in [0.4, 0.5) is 0 Å². The van der Waals surface area contributed by atoms with E-state index in [9.17, 15) is 4.79 Å². The fourth-order valence-corrected chi connectivity index (χ4v) is 1.89. The molecule has 0 radical (unpaired) electrons. The molecule has 0 atom stereocenters. The van der Waals surface area contributed by atoms with Crippen molar-refractivity contribution in [1.82, 2.24) is 29.6 Å². The van der Waals surface area contributed by atoms with E-state index in [0.717, 1.165) is 5.56 Å². The van der Waals surface area contributed by atoms with Crippen molar-refractivity contribution >= 4 is 5.91 Å². The standard InChI is InChI=1S/C14H14N6O2/c1-19(13(21)9-20-7-6-16-10-20)8-12-17-14(18-22-12)11-2-4-15-5-3-11/h2-7,10H,8-9H2,1H3. The van der Waals surface area contributed by atoms with Crippen LogP contribution in [0.5, 0.6) is 0 Å². The van der Waals surface area contributed by atoms with Gasteiger partial charge in [-0.3, -0.25) is 9.78 Å². The number of carbonyl (C=O) groups excluding carboxylic acids is 1. The third-order valence-electron chi connectivity index (χ3n) is 3.08. The first-order chi connectivity index (χ1) is 10.7. The molecule has 0 aliphatic rings. The number of imidazole rings is 1. The highest BCUT2D eigenvalue weighted by molar-refractivity contribution is 5.75. The molecule has 0 saturated heterocycles. The van der Waals surface area contributed by atoms with Gasteiger partial charge in [0.15, 0.2) is 0 Å². The van der Waals surface area contributed by atoms with Crippen LogP contribution in [0.1, 0.15) is 5.89 Å². The Hall–Kier alpha value is -3.03. The molecule has 3 rings (SSSR count). The first kappa shape index (κ1) is 13.9. The average Bonchev–Trinajstić information content (AvgIpc) is 3.20. The van der Waals surface area contributed by atoms with Crippen molar-refractivity contribution < 1.29 is 9.32 Å². The molecule has 0 unspecified atom stereocenters. The van der Waals surface area contributed by atoms with E-state index < -0.39 is 0 Å². The van der Waals surface area contributed by atoms with Gasteiger partial charge in [0.1, 0.15) is 6.54 Å². The van der Waals surface area contributed by atoms with Crippen LogP contribution in [-0.4, -0.2) is 42.5 Å². The van der Waals surface area contributed by atoms with E-state index in [-0.39, 0.29) is 19.0 Å². The molecular weight excluding hydrogens is 284 g/mol. The Bertz CT molecular complexity index is 738. The molecule has 0 N–H and O–H groups in total. The molecule has 0 saturated carbocycles. The maximum atomic E-state index is 12.1. The van der Waals surface area contributed by atoms with Gasteiger partial charge in [-0.15, -0.1) is 0 Å². The van der Waals surface area contributed by atoms with Crippen LogP contribution >= 0.6 is 0 Å². The van der Waals surface area contributed by atoms with Crippen molar-refractivity contribution in [2.75, 3.05) is 7.05 Å². The van der Waals surface area contributed by atoms with Gasteiger partial charge in [-0.25, -0.2) is 4.98 Å². The fourth-order valence-electron chi connectivity index (χ4n) is 1.89. The van der Waals surface area contributed by atoms with Crippen molar-refractivity contribution in [2.45, 2.75) is 13.1 Å². The monoisotopic (exact) mass is 298 g/mol. The SMILES string of the molecule is CN(Cc1nc(-c2ccncc2)no1)C(=O)Cn1ccnc1. The topological polar surface area (TPSA) is 89.9 Å². The predicted molar refractivity (Wildman–Crippen MR) is 76.2 cm³/mol. The lowest BCUT2D eigenvalue weighted by molar-refractivity contribution is -0.131. The molecule has 0 aliphatic carbocycles. The second kappa shape index (κ2) is 6.17. The molecule has 3 aromatic heterocycles. The minimum atomic E-state index is -0.0679. The minimum Gasteiger partial charge on any atom is -0.337 e. The van der Waals surface area contributed by atoms with Gasteiger partial charge in [0.25, 0.3) is 0 Å². The summed E-state index contributed by atoms with van der Waals surface area (Å²) in [7, 11) is 1.69. The van der Waals surface area contributed by atoms with Gasteiger partial charge in [-0.1, -0.05) is 5.16 Å². The zero-order valence-electron chi connectivity index (χ0n) is 12.0. The van der Waals surface area contributed by atoms with Crippen LogP contribution in [0.15, 0.2) is 47.8 Å². The Morgan fingerprint density at radius 1 is 1.27 bits per heavy atom. The van der Waals surface area contributed by atoms with E-state index in [1.165, 1.54) is 4.90 Å². The van der Waals surface area contributed by atoms with Crippen molar-refractivity contribution in [1.29, 1.82) is 0 Å². The number of hydrogen-bond acceptors (Lipinski definition) is 6. The van der Waals surface area contributed by atoms with Crippen LogP contribution in [-0.2, 0) is 17.9 Å². The third kappa shape index (κ3) is 3.17. The van der Waals surface area contributed by atoms with Gasteiger partial charge in [-0.2, -0.15) is 4.98 Å². The first-order valence-corrected chi connectivity index (χ1v) is 6.65. The predicted octanol–water partition coefficient (Wildman–Crippen LogP) is 0.987. The van der Waals surface area contributed by atoms with Crippen molar-refractivity contribution in [2.24, 2.45) is 0 Å². The van der Waals surface area contributed by atoms with Crippen LogP contribution in [0.25, 0.3) is 11.4 Å². The molecule has 8 heteroatoms. The molecule has 0 aliphatic heterocycles. The second-order valence-corrected chi connectivity index (χ2v) is 4.73. The molecule has 0 spiro atoms. The molecule has 22 heavy (non-hydrogen) atoms. The van der Waals surface area contributed by atoms with Crippen LogP contribution < -0.4 is 0 Å². The second-order valence-electron chi connectivity index (χ2n) is 4.73. The molecule has 0 aromatic carbocycles. The lowest BCUT2D eigenvalue weighted by Crippen LogP contribution is -2.29. The molecule has 8 nitrogen and oxygen atoms in total. The van der Waals surface area contributed by atoms with E-state index in [0.29, 0.717) is 11.7 Å². The van der Waals surface area contributed by atoms with Crippen LogP contribution in [0.3, 0.4) is 0 Å².